The fraction of sp³-hybridized carbons (Fsp3) is 0.897. The van der Waals surface area contributed by atoms with Gasteiger partial charge in [-0.3, -0.25) is 9.59 Å². The van der Waals surface area contributed by atoms with Crippen molar-refractivity contribution >= 4 is 11.9 Å². The molecule has 8 aliphatic carbocycles. The zero-order chi connectivity index (χ0) is 38.9. The van der Waals surface area contributed by atoms with E-state index in [2.05, 4.69) is 0 Å². The first kappa shape index (κ1) is 76.2. The van der Waals surface area contributed by atoms with Crippen LogP contribution in [0.3, 0.4) is 0 Å². The molecule has 0 saturated heterocycles. The first-order chi connectivity index (χ1) is 25.7. The van der Waals surface area contributed by atoms with E-state index < -0.39 is 22.8 Å². The second-order valence-corrected chi connectivity index (χ2v) is 22.4. The van der Waals surface area contributed by atoms with Crippen LogP contribution in [0.4, 0.5) is 0 Å². The van der Waals surface area contributed by atoms with Crippen LogP contribution >= 0.6 is 0 Å². The molecule has 12 unspecified atom stereocenters. The molecule has 0 aliphatic heterocycles. The number of carbonyl (C=O) groups is 2. The Morgan fingerprint density at radius 3 is 0.656 bits per heavy atom. The maximum Gasteiger partial charge on any atom is 2.00 e. The smallest absolute Gasteiger partial charge is 0.481 e. The summed E-state index contributed by atoms with van der Waals surface area (Å²) in [7, 11) is 0. The van der Waals surface area contributed by atoms with Gasteiger partial charge in [0, 0.05) is 0 Å². The van der Waals surface area contributed by atoms with E-state index in [4.69, 9.17) is 10.2 Å². The van der Waals surface area contributed by atoms with Crippen LogP contribution in [0.2, 0.25) is 0 Å². The molecule has 0 spiro atoms. The fourth-order valence-electron chi connectivity index (χ4n) is 13.7. The molecular weight excluding hydrogens is 943 g/mol. The van der Waals surface area contributed by atoms with Crippen LogP contribution in [0.1, 0.15) is 251 Å². The third kappa shape index (κ3) is 22.6. The molecule has 4 nitrogen and oxygen atoms in total. The van der Waals surface area contributed by atoms with Crippen molar-refractivity contribution in [2.24, 2.45) is 81.8 Å². The normalized spacial score (nSPS) is 32.5. The van der Waals surface area contributed by atoms with Crippen molar-refractivity contribution < 1.29 is 72.2 Å². The van der Waals surface area contributed by atoms with Crippen molar-refractivity contribution in [3.8, 4) is 0 Å². The Hall–Kier alpha value is 0.706. The Labute approximate surface area is 443 Å². The second-order valence-electron chi connectivity index (χ2n) is 22.4. The molecule has 6 heteroatoms. The van der Waals surface area contributed by atoms with Crippen molar-refractivity contribution in [1.29, 1.82) is 0 Å². The van der Waals surface area contributed by atoms with Crippen LogP contribution in [0.5, 0.6) is 0 Å². The fourth-order valence-corrected chi connectivity index (χ4v) is 13.7. The van der Waals surface area contributed by atoms with Crippen LogP contribution in [-0.2, 0) is 62.0 Å². The van der Waals surface area contributed by atoms with Crippen molar-refractivity contribution in [2.75, 3.05) is 0 Å². The Kier molecular flexibility index (Phi) is 43.6. The zero-order valence-electron chi connectivity index (χ0n) is 41.4. The third-order valence-corrected chi connectivity index (χ3v) is 17.0. The van der Waals surface area contributed by atoms with Gasteiger partial charge in [0.15, 0.2) is 0 Å². The van der Waals surface area contributed by atoms with Gasteiger partial charge in [-0.15, -0.1) is 0 Å². The van der Waals surface area contributed by atoms with Gasteiger partial charge in [-0.25, -0.2) is 0 Å². The molecule has 8 fully saturated rings. The average Bonchev–Trinajstić information content (AvgIpc) is 3.95. The Morgan fingerprint density at radius 1 is 0.344 bits per heavy atom. The van der Waals surface area contributed by atoms with Crippen LogP contribution in [-0.4, -0.2) is 22.2 Å². The summed E-state index contributed by atoms with van der Waals surface area (Å²) in [6, 6.07) is 0. The summed E-state index contributed by atoms with van der Waals surface area (Å²) in [5.41, 5.74) is -1.17. The van der Waals surface area contributed by atoms with Crippen molar-refractivity contribution in [1.82, 2.24) is 0 Å². The van der Waals surface area contributed by atoms with Gasteiger partial charge in [0.25, 0.3) is 0 Å². The van der Waals surface area contributed by atoms with Gasteiger partial charge in [0.1, 0.15) is 0 Å². The van der Waals surface area contributed by atoms with Gasteiger partial charge in [-0.1, -0.05) is 107 Å². The predicted octanol–water partition coefficient (Wildman–Crippen LogP) is 19.0. The number of fused-ring (bicyclic) bond motifs is 4. The molecule has 8 rings (SSSR count). The molecule has 64 heavy (non-hydrogen) atoms. The van der Waals surface area contributed by atoms with E-state index in [0.717, 1.165) is 71.0 Å². The molecule has 0 heterocycles. The average molecular weight is 1060 g/mol. The molecule has 0 aromatic rings. The molecule has 0 bridgehead atoms. The van der Waals surface area contributed by atoms with Crippen LogP contribution in [0.25, 0.3) is 0 Å². The second kappa shape index (κ2) is 36.6. The van der Waals surface area contributed by atoms with Crippen LogP contribution in [0, 0.1) is 112 Å². The summed E-state index contributed by atoms with van der Waals surface area (Å²) >= 11 is 0. The molecule has 8 aliphatic rings. The summed E-state index contributed by atoms with van der Waals surface area (Å²) in [6.07, 6.45) is 44.2. The molecule has 380 valence electrons. The van der Waals surface area contributed by atoms with Gasteiger partial charge >= 0.3 is 64.3 Å². The predicted molar refractivity (Wildman–Crippen MR) is 278 cm³/mol. The third-order valence-electron chi connectivity index (χ3n) is 17.0. The summed E-state index contributed by atoms with van der Waals surface area (Å²) in [5, 5.41) is 16.5. The maximum absolute atomic E-state index is 10.0. The van der Waals surface area contributed by atoms with Gasteiger partial charge in [0.05, 0.1) is 10.8 Å². The molecular formula is C58H116O4Zr2. The Morgan fingerprint density at radius 2 is 0.500 bits per heavy atom. The van der Waals surface area contributed by atoms with E-state index in [9.17, 15) is 9.59 Å². The number of rotatable bonds is 6. The van der Waals surface area contributed by atoms with E-state index in [1.54, 1.807) is 221 Å². The monoisotopic (exact) mass is 1060 g/mol. The minimum Gasteiger partial charge on any atom is -0.481 e. The summed E-state index contributed by atoms with van der Waals surface area (Å²) in [6.45, 7) is 9.97. The zero-order valence-corrected chi connectivity index (χ0v) is 46.4. The molecule has 0 amide bonds. The van der Waals surface area contributed by atoms with Gasteiger partial charge < -0.3 is 39.9 Å². The number of carboxylic acid groups (broad SMARTS) is 2. The van der Waals surface area contributed by atoms with Crippen LogP contribution < -0.4 is 0 Å². The van der Waals surface area contributed by atoms with Crippen LogP contribution in [0.15, 0.2) is 0 Å². The van der Waals surface area contributed by atoms with Crippen molar-refractivity contribution in [3.63, 3.8) is 0 Å². The van der Waals surface area contributed by atoms with E-state index in [1.165, 1.54) is 0 Å². The summed E-state index contributed by atoms with van der Waals surface area (Å²) in [4.78, 5) is 20.0. The number of aliphatic carboxylic acids is 2. The van der Waals surface area contributed by atoms with Crippen molar-refractivity contribution in [2.45, 2.75) is 251 Å². The maximum atomic E-state index is 10.0. The molecule has 0 aromatic carbocycles. The first-order valence-electron chi connectivity index (χ1n) is 24.2. The largest absolute Gasteiger partial charge is 2.00 e. The van der Waals surface area contributed by atoms with Crippen molar-refractivity contribution in [3.05, 3.63) is 29.7 Å². The minimum atomic E-state index is -0.757. The van der Waals surface area contributed by atoms with E-state index in [-0.39, 0.29) is 112 Å². The number of hydrogen-bond acceptors (Lipinski definition) is 2. The topological polar surface area (TPSA) is 74.6 Å². The summed E-state index contributed by atoms with van der Waals surface area (Å²) in [5.74, 6) is 12.3. The number of carboxylic acids is 2. The Balaban J connectivity index is -0.000000182. The molecule has 8 saturated carbocycles. The molecule has 0 radical (unpaired) electrons. The Bertz CT molecular complexity index is 992. The molecule has 2 N–H and O–H groups in total. The molecule has 12 atom stereocenters. The quantitative estimate of drug-likeness (QED) is 0.260. The SMILES string of the molecule is C.C.C.C.C1CCC2C(C1)CCC2CCC1CCC2CCCCC21.C1CCC2C(C1)CCC2CCC1CCC2CCCCC21.CC(C)(C)C(=O)O.CC(C)(C)C(=O)O.[CH3-].[CH3-].[CH3-].[CH3-].[Zr+2].[Zr+2]. The van der Waals surface area contributed by atoms with Gasteiger partial charge in [0.2, 0.25) is 0 Å². The molecule has 0 aromatic heterocycles. The van der Waals surface area contributed by atoms with E-state index in [0.29, 0.717) is 0 Å². The summed E-state index contributed by atoms with van der Waals surface area (Å²) < 4.78 is 0. The van der Waals surface area contributed by atoms with Gasteiger partial charge in [-0.2, -0.15) is 0 Å². The minimum absolute atomic E-state index is 0. The van der Waals surface area contributed by atoms with Gasteiger partial charge in [-0.05, 0) is 215 Å². The van der Waals surface area contributed by atoms with E-state index in [1.807, 2.05) is 0 Å². The first-order valence-corrected chi connectivity index (χ1v) is 24.2. The standard InChI is InChI=1S/2C20H34.2C5H10O2.4CH4.4CH3.2Zr/c2*1-3-7-19-15(5-1)9-11-17(19)13-14-18-12-10-16-6-2-4-8-20(16)18;2*1-5(2,3)4(6)7;;;;;;;;;;/h2*15-20H,1-14H2;2*1-3H3,(H,6,7);4*1H4;4*1H3;;/q;;;;;;;;4*-1;2*+2. The van der Waals surface area contributed by atoms with E-state index >= 15 is 0 Å². The number of hydrogen-bond donors (Lipinski definition) is 2.